The molecule has 1 aromatic heterocycles. The van der Waals surface area contributed by atoms with E-state index in [0.29, 0.717) is 5.56 Å². The second-order valence-corrected chi connectivity index (χ2v) is 4.61. The van der Waals surface area contributed by atoms with Gasteiger partial charge in [-0.25, -0.2) is 9.79 Å². The Kier molecular flexibility index (Phi) is 2.79. The molecule has 6 nitrogen and oxygen atoms in total. The van der Waals surface area contributed by atoms with Gasteiger partial charge in [0.1, 0.15) is 5.71 Å². The van der Waals surface area contributed by atoms with Gasteiger partial charge in [0.2, 0.25) is 5.43 Å². The first kappa shape index (κ1) is 13.0. The molecular weight excluding hydrogens is 272 g/mol. The van der Waals surface area contributed by atoms with Crippen LogP contribution in [0.15, 0.2) is 46.3 Å². The maximum absolute atomic E-state index is 12.4. The van der Waals surface area contributed by atoms with Gasteiger partial charge in [0, 0.05) is 11.8 Å². The number of carbonyl (C=O) groups excluding carboxylic acids is 1. The molecule has 6 heteroatoms. The van der Waals surface area contributed by atoms with Crippen LogP contribution >= 0.6 is 0 Å². The molecule has 0 aliphatic carbocycles. The summed E-state index contributed by atoms with van der Waals surface area (Å²) in [4.78, 5) is 39.7. The van der Waals surface area contributed by atoms with Gasteiger partial charge >= 0.3 is 5.97 Å². The zero-order valence-electron chi connectivity index (χ0n) is 11.0. The monoisotopic (exact) mass is 282 g/mol. The van der Waals surface area contributed by atoms with E-state index >= 15 is 0 Å². The molecular formula is C15H10N2O4. The summed E-state index contributed by atoms with van der Waals surface area (Å²) >= 11 is 0. The Hall–Kier alpha value is -3.02. The maximum Gasteiger partial charge on any atom is 0.343 e. The minimum atomic E-state index is -1.40. The zero-order chi connectivity index (χ0) is 15.1. The highest BCUT2D eigenvalue weighted by Crippen LogP contribution is 2.26. The molecule has 1 N–H and O–H groups in total. The average molecular weight is 282 g/mol. The fourth-order valence-electron chi connectivity index (χ4n) is 2.27. The summed E-state index contributed by atoms with van der Waals surface area (Å²) in [6.45, 7) is 1.48. The molecule has 0 fully saturated rings. The van der Waals surface area contributed by atoms with Gasteiger partial charge in [-0.3, -0.25) is 14.2 Å². The molecule has 104 valence electrons. The van der Waals surface area contributed by atoms with Crippen molar-refractivity contribution in [3.8, 4) is 11.1 Å². The van der Waals surface area contributed by atoms with Gasteiger partial charge in [0.15, 0.2) is 11.4 Å². The summed E-state index contributed by atoms with van der Waals surface area (Å²) in [5.74, 6) is -1.94. The van der Waals surface area contributed by atoms with Crippen molar-refractivity contribution >= 4 is 23.4 Å². The van der Waals surface area contributed by atoms with Gasteiger partial charge < -0.3 is 5.11 Å². The molecule has 0 saturated heterocycles. The highest BCUT2D eigenvalue weighted by Gasteiger charge is 2.29. The number of hydrogen-bond acceptors (Lipinski definition) is 4. The SMILES string of the molecule is CC1=Nc2c(C(=O)O)c(=O)c(-c3ccccc3)cn2C1=O. The van der Waals surface area contributed by atoms with Gasteiger partial charge in [-0.15, -0.1) is 0 Å². The minimum absolute atomic E-state index is 0.116. The zero-order valence-corrected chi connectivity index (χ0v) is 11.0. The number of aromatic nitrogens is 1. The molecule has 0 unspecified atom stereocenters. The molecule has 0 bridgehead atoms. The van der Waals surface area contributed by atoms with E-state index in [1.54, 1.807) is 30.3 Å². The van der Waals surface area contributed by atoms with Gasteiger partial charge in [-0.1, -0.05) is 30.3 Å². The van der Waals surface area contributed by atoms with Crippen LogP contribution in [0.4, 0.5) is 5.82 Å². The quantitative estimate of drug-likeness (QED) is 0.911. The van der Waals surface area contributed by atoms with E-state index in [0.717, 1.165) is 4.57 Å². The number of benzene rings is 1. The van der Waals surface area contributed by atoms with Crippen molar-refractivity contribution in [2.24, 2.45) is 4.99 Å². The number of fused-ring (bicyclic) bond motifs is 1. The Morgan fingerprint density at radius 3 is 2.48 bits per heavy atom. The number of aliphatic imine (C=N–C) groups is 1. The lowest BCUT2D eigenvalue weighted by molar-refractivity contribution is 0.0696. The van der Waals surface area contributed by atoms with Crippen LogP contribution in [0, 0.1) is 0 Å². The van der Waals surface area contributed by atoms with E-state index < -0.39 is 22.9 Å². The molecule has 21 heavy (non-hydrogen) atoms. The number of aromatic carboxylic acids is 1. The van der Waals surface area contributed by atoms with Crippen molar-refractivity contribution in [3.05, 3.63) is 52.3 Å². The third kappa shape index (κ3) is 1.88. The molecule has 2 aromatic rings. The predicted octanol–water partition coefficient (Wildman–Crippen LogP) is 1.96. The Labute approximate surface area is 119 Å². The fraction of sp³-hybridized carbons (Fsp3) is 0.0667. The van der Waals surface area contributed by atoms with Gasteiger partial charge in [-0.2, -0.15) is 0 Å². The summed E-state index contributed by atoms with van der Waals surface area (Å²) in [6.07, 6.45) is 1.35. The number of pyridine rings is 1. The number of hydrogen-bond donors (Lipinski definition) is 1. The first-order chi connectivity index (χ1) is 10.0. The van der Waals surface area contributed by atoms with Crippen LogP contribution < -0.4 is 5.43 Å². The third-order valence-corrected chi connectivity index (χ3v) is 3.28. The van der Waals surface area contributed by atoms with Crippen molar-refractivity contribution in [1.29, 1.82) is 0 Å². The summed E-state index contributed by atoms with van der Waals surface area (Å²) < 4.78 is 1.11. The number of carbonyl (C=O) groups is 2. The Morgan fingerprint density at radius 2 is 1.86 bits per heavy atom. The smallest absolute Gasteiger partial charge is 0.343 e. The number of rotatable bonds is 2. The standard InChI is InChI=1S/C15H10N2O4/c1-8-14(19)17-7-10(9-5-3-2-4-6-9)12(18)11(15(20)21)13(17)16-8/h2-7H,1H3,(H,20,21). The van der Waals surface area contributed by atoms with Crippen LogP contribution in [-0.4, -0.2) is 27.3 Å². The number of nitrogens with zero attached hydrogens (tertiary/aromatic N) is 2. The normalized spacial score (nSPS) is 13.0. The van der Waals surface area contributed by atoms with E-state index in [9.17, 15) is 19.5 Å². The molecule has 3 rings (SSSR count). The summed E-state index contributed by atoms with van der Waals surface area (Å²) in [5.41, 5.74) is -0.262. The lowest BCUT2D eigenvalue weighted by Gasteiger charge is -2.08. The molecule has 1 aliphatic heterocycles. The largest absolute Gasteiger partial charge is 0.477 e. The van der Waals surface area contributed by atoms with Crippen molar-refractivity contribution in [1.82, 2.24) is 4.57 Å². The van der Waals surface area contributed by atoms with Crippen molar-refractivity contribution in [3.63, 3.8) is 0 Å². The van der Waals surface area contributed by atoms with Crippen LogP contribution in [-0.2, 0) is 0 Å². The van der Waals surface area contributed by atoms with E-state index in [1.165, 1.54) is 13.1 Å². The van der Waals surface area contributed by atoms with E-state index in [1.807, 2.05) is 0 Å². The van der Waals surface area contributed by atoms with E-state index in [2.05, 4.69) is 4.99 Å². The van der Waals surface area contributed by atoms with Crippen LogP contribution in [0.5, 0.6) is 0 Å². The molecule has 0 saturated carbocycles. The molecule has 0 amide bonds. The predicted molar refractivity (Wildman–Crippen MR) is 76.5 cm³/mol. The summed E-state index contributed by atoms with van der Waals surface area (Å²) in [5, 5.41) is 9.28. The van der Waals surface area contributed by atoms with Crippen LogP contribution in [0.2, 0.25) is 0 Å². The van der Waals surface area contributed by atoms with Crippen LogP contribution in [0.3, 0.4) is 0 Å². The molecule has 1 aromatic carbocycles. The van der Waals surface area contributed by atoms with Crippen LogP contribution in [0.1, 0.15) is 22.1 Å². The third-order valence-electron chi connectivity index (χ3n) is 3.28. The van der Waals surface area contributed by atoms with Gasteiger partial charge in [-0.05, 0) is 12.5 Å². The highest BCUT2D eigenvalue weighted by molar-refractivity contribution is 6.42. The minimum Gasteiger partial charge on any atom is -0.477 e. The summed E-state index contributed by atoms with van der Waals surface area (Å²) in [7, 11) is 0. The van der Waals surface area contributed by atoms with Crippen molar-refractivity contribution in [2.75, 3.05) is 0 Å². The Bertz CT molecular complexity index is 863. The van der Waals surface area contributed by atoms with Gasteiger partial charge in [0.25, 0.3) is 5.91 Å². The van der Waals surface area contributed by atoms with E-state index in [4.69, 9.17) is 0 Å². The van der Waals surface area contributed by atoms with Crippen molar-refractivity contribution < 1.29 is 14.7 Å². The molecule has 0 radical (unpaired) electrons. The van der Waals surface area contributed by atoms with Crippen molar-refractivity contribution in [2.45, 2.75) is 6.92 Å². The lowest BCUT2D eigenvalue weighted by atomic mass is 10.0. The second-order valence-electron chi connectivity index (χ2n) is 4.61. The fourth-order valence-corrected chi connectivity index (χ4v) is 2.27. The topological polar surface area (TPSA) is 88.7 Å². The highest BCUT2D eigenvalue weighted by atomic mass is 16.4. The summed E-state index contributed by atoms with van der Waals surface area (Å²) in [6, 6.07) is 8.61. The van der Waals surface area contributed by atoms with E-state index in [-0.39, 0.29) is 17.1 Å². The molecule has 0 atom stereocenters. The molecule has 1 aliphatic rings. The average Bonchev–Trinajstić information content (AvgIpc) is 2.74. The molecule has 0 spiro atoms. The first-order valence-corrected chi connectivity index (χ1v) is 6.19. The second kappa shape index (κ2) is 4.52. The maximum atomic E-state index is 12.4. The van der Waals surface area contributed by atoms with Gasteiger partial charge in [0.05, 0.1) is 0 Å². The molecule has 2 heterocycles. The number of carboxylic acid groups (broad SMARTS) is 1. The van der Waals surface area contributed by atoms with Crippen LogP contribution in [0.25, 0.3) is 11.1 Å². The lowest BCUT2D eigenvalue weighted by Crippen LogP contribution is -2.22. The Morgan fingerprint density at radius 1 is 1.19 bits per heavy atom. The number of carboxylic acids is 1. The Balaban J connectivity index is 2.38. The first-order valence-electron chi connectivity index (χ1n) is 6.19.